The number of nitrogens with zero attached hydrogens (tertiary/aromatic N) is 6. The van der Waals surface area contributed by atoms with Gasteiger partial charge < -0.3 is 10.3 Å². The van der Waals surface area contributed by atoms with E-state index in [2.05, 4.69) is 38.2 Å². The van der Waals surface area contributed by atoms with Gasteiger partial charge in [0.25, 0.3) is 0 Å². The molecule has 4 aromatic heterocycles. The van der Waals surface area contributed by atoms with E-state index in [-0.39, 0.29) is 11.4 Å². The Balaban J connectivity index is 1.50. The maximum Gasteiger partial charge on any atom is 0.219 e. The topological polar surface area (TPSA) is 109 Å². The summed E-state index contributed by atoms with van der Waals surface area (Å²) in [5.74, 6) is 1.49. The Morgan fingerprint density at radius 3 is 2.48 bits per heavy atom. The van der Waals surface area contributed by atoms with E-state index in [1.165, 1.54) is 12.8 Å². The van der Waals surface area contributed by atoms with E-state index >= 15 is 0 Å². The third-order valence-electron chi connectivity index (χ3n) is 5.76. The van der Waals surface area contributed by atoms with Gasteiger partial charge in [-0.3, -0.25) is 9.67 Å². The van der Waals surface area contributed by atoms with Crippen LogP contribution in [0.5, 0.6) is 0 Å². The largest absolute Gasteiger partial charge is 0.368 e. The molecule has 0 bridgehead atoms. The monoisotopic (exact) mass is 387 g/mol. The van der Waals surface area contributed by atoms with Gasteiger partial charge in [0, 0.05) is 48.9 Å². The minimum Gasteiger partial charge on any atom is -0.368 e. The molecule has 1 fully saturated rings. The molecule has 0 saturated heterocycles. The minimum absolute atomic E-state index is 0.252. The summed E-state index contributed by atoms with van der Waals surface area (Å²) in [6.07, 6.45) is 11.3. The molecule has 1 aliphatic carbocycles. The van der Waals surface area contributed by atoms with Gasteiger partial charge >= 0.3 is 0 Å². The van der Waals surface area contributed by atoms with E-state index in [0.717, 1.165) is 33.8 Å². The summed E-state index contributed by atoms with van der Waals surface area (Å²) in [4.78, 5) is 12.7. The molecule has 0 unspecified atom stereocenters. The van der Waals surface area contributed by atoms with Gasteiger partial charge in [-0.25, -0.2) is 9.97 Å². The number of aryl methyl sites for hydroxylation is 1. The summed E-state index contributed by atoms with van der Waals surface area (Å²) in [7, 11) is 1.88. The number of hydrogen-bond acceptors (Lipinski definition) is 7. The van der Waals surface area contributed by atoms with Gasteiger partial charge in [-0.05, 0) is 37.3 Å². The Morgan fingerprint density at radius 2 is 1.86 bits per heavy atom. The fourth-order valence-corrected chi connectivity index (χ4v) is 3.80. The summed E-state index contributed by atoms with van der Waals surface area (Å²) < 4.78 is 7.41. The summed E-state index contributed by atoms with van der Waals surface area (Å²) >= 11 is 0. The van der Waals surface area contributed by atoms with Crippen LogP contribution < -0.4 is 5.73 Å². The molecular weight excluding hydrogens is 366 g/mol. The maximum absolute atomic E-state index is 5.66. The fraction of sp³-hybridized carbons (Fsp3) is 0.286. The van der Waals surface area contributed by atoms with Gasteiger partial charge in [0.2, 0.25) is 5.95 Å². The first kappa shape index (κ1) is 17.5. The van der Waals surface area contributed by atoms with Gasteiger partial charge in [0.15, 0.2) is 5.76 Å². The normalized spacial score (nSPS) is 15.9. The van der Waals surface area contributed by atoms with Gasteiger partial charge in [-0.2, -0.15) is 5.10 Å². The second kappa shape index (κ2) is 6.51. The first-order valence-electron chi connectivity index (χ1n) is 9.54. The third kappa shape index (κ3) is 3.06. The molecule has 2 N–H and O–H groups in total. The zero-order valence-corrected chi connectivity index (χ0v) is 16.3. The SMILES string of the molecule is Cn1cc(-c2cc([C@](C)(c3ccc(-c4cnc(N)nc4)nc3)C3CC3)no2)cn1. The molecule has 1 atom stereocenters. The molecule has 0 amide bonds. The Hall–Kier alpha value is -3.55. The van der Waals surface area contributed by atoms with Crippen LogP contribution in [0.2, 0.25) is 0 Å². The molecule has 0 spiro atoms. The van der Waals surface area contributed by atoms with Crippen molar-refractivity contribution in [3.63, 3.8) is 0 Å². The minimum atomic E-state index is -0.257. The van der Waals surface area contributed by atoms with Crippen molar-refractivity contribution in [2.45, 2.75) is 25.2 Å². The second-order valence-electron chi connectivity index (χ2n) is 7.72. The number of rotatable bonds is 5. The van der Waals surface area contributed by atoms with Gasteiger partial charge in [0.05, 0.1) is 23.1 Å². The van der Waals surface area contributed by atoms with Gasteiger partial charge in [-0.1, -0.05) is 11.2 Å². The smallest absolute Gasteiger partial charge is 0.219 e. The van der Waals surface area contributed by atoms with E-state index in [0.29, 0.717) is 5.92 Å². The highest BCUT2D eigenvalue weighted by Gasteiger charge is 2.46. The molecule has 1 saturated carbocycles. The zero-order chi connectivity index (χ0) is 20.0. The Kier molecular flexibility index (Phi) is 3.94. The van der Waals surface area contributed by atoms with E-state index in [9.17, 15) is 0 Å². The molecule has 4 heterocycles. The summed E-state index contributed by atoms with van der Waals surface area (Å²) in [5, 5.41) is 8.64. The lowest BCUT2D eigenvalue weighted by Gasteiger charge is -2.27. The number of nitrogens with two attached hydrogens (primary N) is 1. The number of pyridine rings is 1. The van der Waals surface area contributed by atoms with Crippen molar-refractivity contribution >= 4 is 5.95 Å². The predicted molar refractivity (Wildman–Crippen MR) is 108 cm³/mol. The van der Waals surface area contributed by atoms with Crippen molar-refractivity contribution < 1.29 is 4.52 Å². The zero-order valence-electron chi connectivity index (χ0n) is 16.3. The van der Waals surface area contributed by atoms with Crippen LogP contribution in [0, 0.1) is 5.92 Å². The van der Waals surface area contributed by atoms with Crippen molar-refractivity contribution in [3.05, 3.63) is 60.4 Å². The van der Waals surface area contributed by atoms with Crippen LogP contribution in [0.1, 0.15) is 31.0 Å². The molecule has 0 aromatic carbocycles. The van der Waals surface area contributed by atoms with E-state index in [1.54, 1.807) is 23.3 Å². The van der Waals surface area contributed by atoms with Crippen molar-refractivity contribution in [2.75, 3.05) is 5.73 Å². The number of hydrogen-bond donors (Lipinski definition) is 1. The summed E-state index contributed by atoms with van der Waals surface area (Å²) in [6.45, 7) is 2.22. The average molecular weight is 387 g/mol. The molecule has 8 heteroatoms. The first-order chi connectivity index (χ1) is 14.0. The predicted octanol–water partition coefficient (Wildman–Crippen LogP) is 3.23. The highest BCUT2D eigenvalue weighted by Crippen LogP contribution is 2.51. The Morgan fingerprint density at radius 1 is 1.07 bits per heavy atom. The van der Waals surface area contributed by atoms with Crippen LogP contribution in [0.3, 0.4) is 0 Å². The average Bonchev–Trinajstić information content (AvgIpc) is 3.32. The van der Waals surface area contributed by atoms with Crippen LogP contribution in [0.4, 0.5) is 5.95 Å². The number of aromatic nitrogens is 6. The molecule has 0 radical (unpaired) electrons. The highest BCUT2D eigenvalue weighted by molar-refractivity contribution is 5.59. The van der Waals surface area contributed by atoms with Crippen LogP contribution in [0.15, 0.2) is 53.7 Å². The van der Waals surface area contributed by atoms with Gasteiger partial charge in [0.1, 0.15) is 0 Å². The first-order valence-corrected chi connectivity index (χ1v) is 9.54. The standard InChI is InChI=1S/C21H21N7O/c1-21(15-3-4-15,19-7-18(29-27-19)14-10-26-28(2)12-14)16-5-6-17(23-11-16)13-8-24-20(22)25-9-13/h5-12,15H,3-4H2,1-2H3,(H2,22,24,25)/t21-/m0/s1. The van der Waals surface area contributed by atoms with Crippen LogP contribution >= 0.6 is 0 Å². The van der Waals surface area contributed by atoms with Crippen LogP contribution in [0.25, 0.3) is 22.6 Å². The van der Waals surface area contributed by atoms with Crippen molar-refractivity contribution in [2.24, 2.45) is 13.0 Å². The molecule has 146 valence electrons. The lowest BCUT2D eigenvalue weighted by atomic mass is 9.75. The third-order valence-corrected chi connectivity index (χ3v) is 5.76. The Labute approximate surface area is 167 Å². The van der Waals surface area contributed by atoms with E-state index < -0.39 is 0 Å². The van der Waals surface area contributed by atoms with Crippen molar-refractivity contribution in [3.8, 4) is 22.6 Å². The van der Waals surface area contributed by atoms with Crippen molar-refractivity contribution in [1.82, 2.24) is 29.9 Å². The highest BCUT2D eigenvalue weighted by atomic mass is 16.5. The lowest BCUT2D eigenvalue weighted by Crippen LogP contribution is -2.27. The number of nitrogen functional groups attached to an aromatic ring is 1. The number of anilines is 1. The lowest BCUT2D eigenvalue weighted by molar-refractivity contribution is 0.387. The summed E-state index contributed by atoms with van der Waals surface area (Å²) in [5.41, 5.74) is 9.91. The van der Waals surface area contributed by atoms with Crippen LogP contribution in [-0.2, 0) is 12.5 Å². The molecule has 0 aliphatic heterocycles. The molecule has 29 heavy (non-hydrogen) atoms. The molecule has 8 nitrogen and oxygen atoms in total. The van der Waals surface area contributed by atoms with E-state index in [4.69, 9.17) is 10.3 Å². The molecule has 4 aromatic rings. The van der Waals surface area contributed by atoms with Gasteiger partial charge in [-0.15, -0.1) is 0 Å². The molecule has 1 aliphatic rings. The van der Waals surface area contributed by atoms with Crippen molar-refractivity contribution in [1.29, 1.82) is 0 Å². The summed E-state index contributed by atoms with van der Waals surface area (Å²) in [6, 6.07) is 6.12. The van der Waals surface area contributed by atoms with Crippen LogP contribution in [-0.4, -0.2) is 29.9 Å². The molecular formula is C21H21N7O. The quantitative estimate of drug-likeness (QED) is 0.560. The Bertz CT molecular complexity index is 1140. The second-order valence-corrected chi connectivity index (χ2v) is 7.72. The fourth-order valence-electron chi connectivity index (χ4n) is 3.80. The van der Waals surface area contributed by atoms with E-state index in [1.807, 2.05) is 31.6 Å². The molecule has 5 rings (SSSR count). The maximum atomic E-state index is 5.66.